The lowest BCUT2D eigenvalue weighted by atomic mass is 10.3. The van der Waals surface area contributed by atoms with Gasteiger partial charge in [0.25, 0.3) is 0 Å². The number of nitrogens with zero attached hydrogens (tertiary/aromatic N) is 1. The van der Waals surface area contributed by atoms with Crippen molar-refractivity contribution in [1.82, 2.24) is 10.4 Å². The van der Waals surface area contributed by atoms with Crippen LogP contribution in [0.1, 0.15) is 26.2 Å². The summed E-state index contributed by atoms with van der Waals surface area (Å²) in [7, 11) is 0. The monoisotopic (exact) mass is 235 g/mol. The third kappa shape index (κ3) is 2.93. The van der Waals surface area contributed by atoms with Crippen LogP contribution in [-0.4, -0.2) is 11.5 Å². The molecule has 0 aliphatic heterocycles. The molecule has 0 atom stereocenters. The van der Waals surface area contributed by atoms with E-state index in [0.29, 0.717) is 0 Å². The molecule has 0 bridgehead atoms. The Morgan fingerprint density at radius 2 is 2.12 bits per heavy atom. The van der Waals surface area contributed by atoms with Crippen molar-refractivity contribution in [3.8, 4) is 0 Å². The van der Waals surface area contributed by atoms with E-state index in [-0.39, 0.29) is 0 Å². The summed E-state index contributed by atoms with van der Waals surface area (Å²) in [5.41, 5.74) is 7.41. The van der Waals surface area contributed by atoms with E-state index in [1.165, 1.54) is 24.0 Å². The molecule has 2 aromatic rings. The Balaban J connectivity index is 1.85. The summed E-state index contributed by atoms with van der Waals surface area (Å²) in [6, 6.07) is 8.18. The van der Waals surface area contributed by atoms with Gasteiger partial charge in [-0.25, -0.2) is 10.4 Å². The van der Waals surface area contributed by atoms with Crippen LogP contribution in [0.4, 0.5) is 5.13 Å². The molecule has 0 unspecified atom stereocenters. The van der Waals surface area contributed by atoms with E-state index in [1.807, 2.05) is 18.2 Å². The Bertz CT molecular complexity index is 406. The van der Waals surface area contributed by atoms with Crippen molar-refractivity contribution in [3.05, 3.63) is 24.3 Å². The maximum atomic E-state index is 4.48. The van der Waals surface area contributed by atoms with Crippen LogP contribution in [-0.2, 0) is 0 Å². The molecule has 4 heteroatoms. The summed E-state index contributed by atoms with van der Waals surface area (Å²) in [5, 5.41) is 0.942. The van der Waals surface area contributed by atoms with Crippen molar-refractivity contribution in [2.45, 2.75) is 26.2 Å². The zero-order valence-electron chi connectivity index (χ0n) is 9.49. The van der Waals surface area contributed by atoms with Gasteiger partial charge in [-0.2, -0.15) is 0 Å². The number of para-hydroxylation sites is 1. The van der Waals surface area contributed by atoms with Gasteiger partial charge < -0.3 is 0 Å². The van der Waals surface area contributed by atoms with Gasteiger partial charge in [0.05, 0.1) is 10.2 Å². The highest BCUT2D eigenvalue weighted by molar-refractivity contribution is 7.22. The van der Waals surface area contributed by atoms with Crippen LogP contribution in [0.3, 0.4) is 0 Å². The van der Waals surface area contributed by atoms with Gasteiger partial charge in [-0.05, 0) is 18.6 Å². The molecular weight excluding hydrogens is 218 g/mol. The second-order valence-electron chi connectivity index (χ2n) is 3.75. The molecule has 0 saturated carbocycles. The molecular formula is C12H17N3S. The van der Waals surface area contributed by atoms with Gasteiger partial charge >= 0.3 is 0 Å². The largest absolute Gasteiger partial charge is 0.297 e. The topological polar surface area (TPSA) is 37.0 Å². The standard InChI is InChI=1S/C12H17N3S/c1-2-3-6-9-13-15-12-14-10-7-4-5-8-11(10)16-12/h4-5,7-8,13H,2-3,6,9H2,1H3,(H,14,15). The van der Waals surface area contributed by atoms with Crippen LogP contribution < -0.4 is 10.9 Å². The first kappa shape index (κ1) is 11.4. The molecule has 0 aliphatic rings. The third-order valence-electron chi connectivity index (χ3n) is 2.39. The minimum Gasteiger partial charge on any atom is -0.297 e. The third-order valence-corrected chi connectivity index (χ3v) is 3.35. The van der Waals surface area contributed by atoms with Crippen LogP contribution >= 0.6 is 11.3 Å². The number of thiazole rings is 1. The number of rotatable bonds is 6. The Morgan fingerprint density at radius 1 is 1.25 bits per heavy atom. The Kier molecular flexibility index (Phi) is 4.13. The lowest BCUT2D eigenvalue weighted by molar-refractivity contribution is 0.662. The van der Waals surface area contributed by atoms with Crippen LogP contribution in [0.15, 0.2) is 24.3 Å². The van der Waals surface area contributed by atoms with E-state index in [2.05, 4.69) is 28.8 Å². The molecule has 0 radical (unpaired) electrons. The molecule has 1 aromatic carbocycles. The summed E-state index contributed by atoms with van der Waals surface area (Å²) >= 11 is 1.68. The lowest BCUT2D eigenvalue weighted by Gasteiger charge is -2.03. The Hall–Kier alpha value is -1.13. The van der Waals surface area contributed by atoms with Crippen LogP contribution in [0.25, 0.3) is 10.2 Å². The molecule has 1 aromatic heterocycles. The SMILES string of the molecule is CCCCCNNc1nc2ccccc2s1. The summed E-state index contributed by atoms with van der Waals surface area (Å²) in [6.45, 7) is 3.20. The smallest absolute Gasteiger partial charge is 0.198 e. The number of anilines is 1. The fourth-order valence-corrected chi connectivity index (χ4v) is 2.37. The average molecular weight is 235 g/mol. The van der Waals surface area contributed by atoms with E-state index >= 15 is 0 Å². The van der Waals surface area contributed by atoms with E-state index in [9.17, 15) is 0 Å². The van der Waals surface area contributed by atoms with Crippen molar-refractivity contribution in [3.63, 3.8) is 0 Å². The Morgan fingerprint density at radius 3 is 2.94 bits per heavy atom. The Labute approximate surface area is 99.9 Å². The first-order valence-electron chi connectivity index (χ1n) is 5.74. The zero-order chi connectivity index (χ0) is 11.2. The van der Waals surface area contributed by atoms with Crippen molar-refractivity contribution in [2.24, 2.45) is 0 Å². The molecule has 2 rings (SSSR count). The maximum Gasteiger partial charge on any atom is 0.198 e. The predicted octanol–water partition coefficient (Wildman–Crippen LogP) is 3.40. The summed E-state index contributed by atoms with van der Waals surface area (Å²) in [6.07, 6.45) is 3.73. The van der Waals surface area contributed by atoms with Crippen molar-refractivity contribution in [1.29, 1.82) is 0 Å². The second kappa shape index (κ2) is 5.82. The molecule has 2 N–H and O–H groups in total. The molecule has 0 amide bonds. The number of benzene rings is 1. The highest BCUT2D eigenvalue weighted by atomic mass is 32.1. The molecule has 0 fully saturated rings. The average Bonchev–Trinajstić information content (AvgIpc) is 2.71. The molecule has 0 saturated heterocycles. The number of aromatic nitrogens is 1. The predicted molar refractivity (Wildman–Crippen MR) is 70.8 cm³/mol. The quantitative estimate of drug-likeness (QED) is 0.595. The van der Waals surface area contributed by atoms with Crippen molar-refractivity contribution in [2.75, 3.05) is 12.0 Å². The van der Waals surface area contributed by atoms with E-state index in [1.54, 1.807) is 11.3 Å². The fourth-order valence-electron chi connectivity index (χ4n) is 1.53. The van der Waals surface area contributed by atoms with E-state index in [4.69, 9.17) is 0 Å². The fraction of sp³-hybridized carbons (Fsp3) is 0.417. The number of hydrazine groups is 1. The number of unbranched alkanes of at least 4 members (excludes halogenated alkanes) is 2. The normalized spacial score (nSPS) is 10.8. The van der Waals surface area contributed by atoms with Gasteiger partial charge in [-0.3, -0.25) is 5.43 Å². The number of nitrogens with one attached hydrogen (secondary N) is 2. The van der Waals surface area contributed by atoms with Crippen molar-refractivity contribution < 1.29 is 0 Å². The van der Waals surface area contributed by atoms with Gasteiger partial charge in [-0.15, -0.1) is 0 Å². The summed E-state index contributed by atoms with van der Waals surface area (Å²) in [5.74, 6) is 0. The lowest BCUT2D eigenvalue weighted by Crippen LogP contribution is -2.22. The number of hydrogen-bond donors (Lipinski definition) is 2. The van der Waals surface area contributed by atoms with Crippen molar-refractivity contribution >= 4 is 26.7 Å². The van der Waals surface area contributed by atoms with Gasteiger partial charge in [0.2, 0.25) is 0 Å². The number of fused-ring (bicyclic) bond motifs is 1. The molecule has 1 heterocycles. The minimum atomic E-state index is 0.942. The van der Waals surface area contributed by atoms with Gasteiger partial charge in [0, 0.05) is 6.54 Å². The summed E-state index contributed by atoms with van der Waals surface area (Å²) in [4.78, 5) is 4.48. The maximum absolute atomic E-state index is 4.48. The first-order valence-corrected chi connectivity index (χ1v) is 6.56. The molecule has 0 aliphatic carbocycles. The first-order chi connectivity index (χ1) is 7.90. The molecule has 86 valence electrons. The second-order valence-corrected chi connectivity index (χ2v) is 4.78. The van der Waals surface area contributed by atoms with Gasteiger partial charge in [0.15, 0.2) is 5.13 Å². The summed E-state index contributed by atoms with van der Waals surface area (Å²) < 4.78 is 1.22. The highest BCUT2D eigenvalue weighted by Crippen LogP contribution is 2.24. The minimum absolute atomic E-state index is 0.942. The van der Waals surface area contributed by atoms with Crippen LogP contribution in [0, 0.1) is 0 Å². The molecule has 16 heavy (non-hydrogen) atoms. The number of hydrogen-bond acceptors (Lipinski definition) is 4. The van der Waals surface area contributed by atoms with Gasteiger partial charge in [-0.1, -0.05) is 43.2 Å². The molecule has 0 spiro atoms. The highest BCUT2D eigenvalue weighted by Gasteiger charge is 2.00. The zero-order valence-corrected chi connectivity index (χ0v) is 10.3. The van der Waals surface area contributed by atoms with E-state index < -0.39 is 0 Å². The molecule has 3 nitrogen and oxygen atoms in total. The van der Waals surface area contributed by atoms with E-state index in [0.717, 1.165) is 17.2 Å². The van der Waals surface area contributed by atoms with Crippen LogP contribution in [0.2, 0.25) is 0 Å². The van der Waals surface area contributed by atoms with Gasteiger partial charge in [0.1, 0.15) is 0 Å². The van der Waals surface area contributed by atoms with Crippen LogP contribution in [0.5, 0.6) is 0 Å².